The molecule has 0 radical (unpaired) electrons. The Morgan fingerprint density at radius 1 is 1.69 bits per heavy atom. The van der Waals surface area contributed by atoms with Crippen molar-refractivity contribution < 1.29 is 0 Å². The molecule has 0 saturated carbocycles. The van der Waals surface area contributed by atoms with Crippen LogP contribution in [0.15, 0.2) is 22.5 Å². The molecule has 1 aromatic rings. The Hall–Kier alpha value is -0.280. The summed E-state index contributed by atoms with van der Waals surface area (Å²) in [4.78, 5) is 5.59. The van der Waals surface area contributed by atoms with Crippen molar-refractivity contribution >= 4 is 28.1 Å². The molecule has 72 valence electrons. The molecule has 3 heteroatoms. The molecule has 0 bridgehead atoms. The molecule has 0 N–H and O–H groups in total. The quantitative estimate of drug-likeness (QED) is 0.551. The first-order chi connectivity index (χ1) is 6.27. The smallest absolute Gasteiger partial charge is 0.108 e. The second-order valence-electron chi connectivity index (χ2n) is 2.84. The van der Waals surface area contributed by atoms with E-state index >= 15 is 0 Å². The van der Waals surface area contributed by atoms with E-state index in [0.29, 0.717) is 5.25 Å². The van der Waals surface area contributed by atoms with Gasteiger partial charge in [0.1, 0.15) is 5.04 Å². The van der Waals surface area contributed by atoms with E-state index < -0.39 is 0 Å². The van der Waals surface area contributed by atoms with E-state index in [1.165, 1.54) is 16.3 Å². The van der Waals surface area contributed by atoms with Gasteiger partial charge in [-0.1, -0.05) is 19.9 Å². The first-order valence-electron chi connectivity index (χ1n) is 4.45. The summed E-state index contributed by atoms with van der Waals surface area (Å²) < 4.78 is 0. The van der Waals surface area contributed by atoms with Gasteiger partial charge in [0.15, 0.2) is 0 Å². The Bertz CT molecular complexity index is 264. The monoisotopic (exact) mass is 213 g/mol. The van der Waals surface area contributed by atoms with Gasteiger partial charge in [0, 0.05) is 12.3 Å². The third kappa shape index (κ3) is 3.16. The van der Waals surface area contributed by atoms with Crippen LogP contribution in [0.1, 0.15) is 25.1 Å². The molecule has 0 aromatic carbocycles. The van der Waals surface area contributed by atoms with Crippen molar-refractivity contribution in [1.29, 1.82) is 0 Å². The second-order valence-corrected chi connectivity index (χ2v) is 5.22. The van der Waals surface area contributed by atoms with Crippen LogP contribution < -0.4 is 0 Å². The van der Waals surface area contributed by atoms with Gasteiger partial charge in [0.2, 0.25) is 0 Å². The summed E-state index contributed by atoms with van der Waals surface area (Å²) in [7, 11) is 1.87. The third-order valence-electron chi connectivity index (χ3n) is 1.82. The minimum atomic E-state index is 0.654. The third-order valence-corrected chi connectivity index (χ3v) is 4.19. The molecule has 1 unspecified atom stereocenters. The van der Waals surface area contributed by atoms with Crippen LogP contribution in [0.5, 0.6) is 0 Å². The number of hydrogen-bond donors (Lipinski definition) is 0. The van der Waals surface area contributed by atoms with E-state index in [1.807, 2.05) is 18.8 Å². The molecule has 1 atom stereocenters. The van der Waals surface area contributed by atoms with Crippen molar-refractivity contribution in [1.82, 2.24) is 0 Å². The van der Waals surface area contributed by atoms with E-state index in [9.17, 15) is 0 Å². The zero-order valence-electron chi connectivity index (χ0n) is 8.28. The molecule has 0 aliphatic heterocycles. The summed E-state index contributed by atoms with van der Waals surface area (Å²) in [6.07, 6.45) is 1.19. The van der Waals surface area contributed by atoms with Gasteiger partial charge in [0.05, 0.1) is 4.88 Å². The summed E-state index contributed by atoms with van der Waals surface area (Å²) in [5.74, 6) is 0. The summed E-state index contributed by atoms with van der Waals surface area (Å²) in [6.45, 7) is 4.45. The molecule has 1 heterocycles. The number of thioether (sulfide) groups is 1. The van der Waals surface area contributed by atoms with Crippen LogP contribution in [0.3, 0.4) is 0 Å². The van der Waals surface area contributed by atoms with Gasteiger partial charge in [-0.2, -0.15) is 0 Å². The van der Waals surface area contributed by atoms with Gasteiger partial charge < -0.3 is 0 Å². The molecule has 0 aliphatic rings. The van der Waals surface area contributed by atoms with Crippen LogP contribution in [-0.4, -0.2) is 17.3 Å². The average molecular weight is 213 g/mol. The van der Waals surface area contributed by atoms with Crippen LogP contribution in [0.4, 0.5) is 0 Å². The zero-order chi connectivity index (χ0) is 9.68. The van der Waals surface area contributed by atoms with Crippen LogP contribution in [0.2, 0.25) is 0 Å². The Morgan fingerprint density at radius 3 is 2.92 bits per heavy atom. The lowest BCUT2D eigenvalue weighted by Crippen LogP contribution is -2.01. The van der Waals surface area contributed by atoms with Crippen LogP contribution in [0.25, 0.3) is 0 Å². The second kappa shape index (κ2) is 5.45. The van der Waals surface area contributed by atoms with E-state index in [-0.39, 0.29) is 0 Å². The predicted octanol–water partition coefficient (Wildman–Crippen LogP) is 3.66. The van der Waals surface area contributed by atoms with Gasteiger partial charge in [0.25, 0.3) is 0 Å². The minimum Gasteiger partial charge on any atom is -0.280 e. The molecule has 13 heavy (non-hydrogen) atoms. The topological polar surface area (TPSA) is 12.4 Å². The van der Waals surface area contributed by atoms with Crippen LogP contribution in [0, 0.1) is 0 Å². The van der Waals surface area contributed by atoms with E-state index in [2.05, 4.69) is 36.4 Å². The Kier molecular flexibility index (Phi) is 4.53. The fourth-order valence-corrected chi connectivity index (χ4v) is 2.67. The molecule has 1 aromatic heterocycles. The van der Waals surface area contributed by atoms with Crippen molar-refractivity contribution in [3.05, 3.63) is 22.4 Å². The Morgan fingerprint density at radius 2 is 2.46 bits per heavy atom. The molecule has 0 fully saturated rings. The minimum absolute atomic E-state index is 0.654. The fourth-order valence-electron chi connectivity index (χ4n) is 0.895. The number of thiophene rings is 1. The molecule has 0 aliphatic carbocycles. The first kappa shape index (κ1) is 10.8. The van der Waals surface area contributed by atoms with Crippen LogP contribution in [-0.2, 0) is 0 Å². The summed E-state index contributed by atoms with van der Waals surface area (Å²) in [5.41, 5.74) is 0. The molecule has 1 rings (SSSR count). The highest BCUT2D eigenvalue weighted by atomic mass is 32.2. The first-order valence-corrected chi connectivity index (χ1v) is 6.21. The molecule has 0 amide bonds. The number of rotatable bonds is 3. The van der Waals surface area contributed by atoms with E-state index in [4.69, 9.17) is 0 Å². The predicted molar refractivity (Wildman–Crippen MR) is 64.1 cm³/mol. The SMILES string of the molecule is CCC(C)S/C(=N\C)c1cccs1. The molecular weight excluding hydrogens is 198 g/mol. The summed E-state index contributed by atoms with van der Waals surface area (Å²) >= 11 is 3.62. The van der Waals surface area contributed by atoms with Crippen molar-refractivity contribution in [3.63, 3.8) is 0 Å². The zero-order valence-corrected chi connectivity index (χ0v) is 9.91. The molecule has 0 saturated heterocycles. The maximum atomic E-state index is 4.31. The van der Waals surface area contributed by atoms with Crippen molar-refractivity contribution in [2.75, 3.05) is 7.05 Å². The Balaban J connectivity index is 2.65. The lowest BCUT2D eigenvalue weighted by Gasteiger charge is -2.08. The largest absolute Gasteiger partial charge is 0.280 e. The summed E-state index contributed by atoms with van der Waals surface area (Å²) in [6, 6.07) is 4.20. The Labute approximate surface area is 88.3 Å². The van der Waals surface area contributed by atoms with E-state index in [0.717, 1.165) is 0 Å². The normalized spacial score (nSPS) is 14.5. The van der Waals surface area contributed by atoms with Gasteiger partial charge in [-0.25, -0.2) is 0 Å². The van der Waals surface area contributed by atoms with Crippen molar-refractivity contribution in [3.8, 4) is 0 Å². The van der Waals surface area contributed by atoms with Gasteiger partial charge in [-0.05, 0) is 17.9 Å². The molecular formula is C10H15NS2. The maximum absolute atomic E-state index is 4.31. The molecule has 1 nitrogen and oxygen atoms in total. The van der Waals surface area contributed by atoms with Crippen molar-refractivity contribution in [2.24, 2.45) is 4.99 Å². The van der Waals surface area contributed by atoms with Gasteiger partial charge in [-0.15, -0.1) is 23.1 Å². The lowest BCUT2D eigenvalue weighted by molar-refractivity contribution is 0.911. The standard InChI is InChI=1S/C10H15NS2/c1-4-8(2)13-10(11-3)9-6-5-7-12-9/h5-8H,4H2,1-3H3/b11-10-. The maximum Gasteiger partial charge on any atom is 0.108 e. The number of hydrogen-bond acceptors (Lipinski definition) is 3. The lowest BCUT2D eigenvalue weighted by atomic mass is 10.4. The van der Waals surface area contributed by atoms with Gasteiger partial charge in [-0.3, -0.25) is 4.99 Å². The highest BCUT2D eigenvalue weighted by Crippen LogP contribution is 2.23. The number of aliphatic imine (C=N–C) groups is 1. The molecule has 0 spiro atoms. The van der Waals surface area contributed by atoms with E-state index in [1.54, 1.807) is 11.3 Å². The summed E-state index contributed by atoms with van der Waals surface area (Å²) in [5, 5.41) is 3.92. The highest BCUT2D eigenvalue weighted by molar-refractivity contribution is 8.15. The van der Waals surface area contributed by atoms with Gasteiger partial charge >= 0.3 is 0 Å². The fraction of sp³-hybridized carbons (Fsp3) is 0.500. The average Bonchev–Trinajstić information content (AvgIpc) is 2.66. The number of nitrogens with zero attached hydrogens (tertiary/aromatic N) is 1. The van der Waals surface area contributed by atoms with Crippen LogP contribution >= 0.6 is 23.1 Å². The highest BCUT2D eigenvalue weighted by Gasteiger charge is 2.08. The van der Waals surface area contributed by atoms with Crippen molar-refractivity contribution in [2.45, 2.75) is 25.5 Å².